The van der Waals surface area contributed by atoms with Gasteiger partial charge in [0.15, 0.2) is 17.5 Å². The molecule has 4 saturated heterocycles. The van der Waals surface area contributed by atoms with Crippen molar-refractivity contribution in [3.63, 3.8) is 0 Å². The molecule has 0 amide bonds. The number of sulfonamides is 1. The number of piperazine rings is 3. The van der Waals surface area contributed by atoms with Crippen LogP contribution in [-0.2, 0) is 22.4 Å². The lowest BCUT2D eigenvalue weighted by Gasteiger charge is -2.43. The summed E-state index contributed by atoms with van der Waals surface area (Å²) in [6.45, 7) is 14.3. The first kappa shape index (κ1) is 86.7. The molecule has 19 heterocycles. The number of H-pyrrole nitrogens is 3. The number of imidazole rings is 5. The summed E-state index contributed by atoms with van der Waals surface area (Å²) in [5, 5.41) is 24.5. The predicted molar refractivity (Wildman–Crippen MR) is 445 cm³/mol. The second-order valence-electron chi connectivity index (χ2n) is 31.3. The minimum atomic E-state index is -4.45. The van der Waals surface area contributed by atoms with Gasteiger partial charge in [-0.1, -0.05) is 18.5 Å². The van der Waals surface area contributed by atoms with Crippen LogP contribution >= 0.6 is 11.6 Å². The Balaban J connectivity index is 0.000000124. The number of rotatable bonds is 15. The first-order valence-corrected chi connectivity index (χ1v) is 42.0. The zero-order valence-corrected chi connectivity index (χ0v) is 69.7. The van der Waals surface area contributed by atoms with Gasteiger partial charge in [-0.15, -0.1) is 0 Å². The quantitative estimate of drug-likeness (QED) is 0.0469. The van der Waals surface area contributed by atoms with Gasteiger partial charge in [0.1, 0.15) is 62.9 Å². The Morgan fingerprint density at radius 3 is 1.59 bits per heavy atom. The third-order valence-electron chi connectivity index (χ3n) is 22.3. The highest BCUT2D eigenvalue weighted by Crippen LogP contribution is 2.41. The van der Waals surface area contributed by atoms with Crippen LogP contribution in [0.3, 0.4) is 0 Å². The molecule has 0 spiro atoms. The van der Waals surface area contributed by atoms with Crippen LogP contribution in [0.2, 0.25) is 5.02 Å². The summed E-state index contributed by atoms with van der Waals surface area (Å²) >= 11 is 5.97. The van der Waals surface area contributed by atoms with Gasteiger partial charge in [-0.3, -0.25) is 27.8 Å². The first-order valence-electron chi connectivity index (χ1n) is 39.7. The Morgan fingerprint density at radius 2 is 1.04 bits per heavy atom. The van der Waals surface area contributed by atoms with Crippen molar-refractivity contribution >= 4 is 67.6 Å². The summed E-state index contributed by atoms with van der Waals surface area (Å²) in [5.41, 5.74) is 5.41. The number of halogens is 12. The molecule has 4 aliphatic rings. The SMILES string of the molecule is CC1CN(c2ccnc(-c3cnc4cc(F)c(Cl)cn34)n2)C(C)C(c2cnc[nH]2)N1.CC1CN(c2ccnc(-c3cnc4ccc(C(F)(F)F)cn34)n2)CC(c2cn[nH]c2)N1.C[C@@H]1CN(c2ccnc(-c3cnc4ccc(C(F)(F)F)cn34)n2)[C@H](C)[C@H](c2cn[nH]c2)N1.C[C@H]1CN(c2nccc(-c3cnc4ccc(C(F)F)cn34)n2)C[C@@H](CNS(C)(=O)=O)C1(F)F. The van der Waals surface area contributed by atoms with Crippen molar-refractivity contribution in [1.29, 1.82) is 0 Å². The Kier molecular flexibility index (Phi) is 24.3. The van der Waals surface area contributed by atoms with E-state index in [0.29, 0.717) is 86.7 Å². The van der Waals surface area contributed by atoms with Crippen LogP contribution in [0.4, 0.5) is 71.7 Å². The summed E-state index contributed by atoms with van der Waals surface area (Å²) in [4.78, 5) is 68.3. The van der Waals surface area contributed by atoms with Gasteiger partial charge in [-0.05, 0) is 95.3 Å². The maximum atomic E-state index is 14.7. The van der Waals surface area contributed by atoms with Gasteiger partial charge in [0.25, 0.3) is 12.3 Å². The van der Waals surface area contributed by atoms with E-state index in [1.54, 1.807) is 64.9 Å². The van der Waals surface area contributed by atoms with Crippen LogP contribution in [0.1, 0.15) is 99.6 Å². The molecule has 15 aromatic heterocycles. The Morgan fingerprint density at radius 1 is 0.532 bits per heavy atom. The molecule has 45 heteroatoms. The lowest BCUT2D eigenvalue weighted by molar-refractivity contribution is -0.138. The number of aromatic nitrogens is 22. The van der Waals surface area contributed by atoms with Crippen molar-refractivity contribution in [2.45, 2.75) is 115 Å². The van der Waals surface area contributed by atoms with Gasteiger partial charge in [0.05, 0.1) is 107 Å². The molecule has 658 valence electrons. The Bertz CT molecular complexity index is 6430. The first-order chi connectivity index (χ1) is 60.2. The fourth-order valence-electron chi connectivity index (χ4n) is 16.0. The zero-order valence-electron chi connectivity index (χ0n) is 68.1. The molecule has 126 heavy (non-hydrogen) atoms. The summed E-state index contributed by atoms with van der Waals surface area (Å²) in [6, 6.07) is 16.9. The average Bonchev–Trinajstić information content (AvgIpc) is 1.39. The molecule has 7 N–H and O–H groups in total. The van der Waals surface area contributed by atoms with Gasteiger partial charge in [0, 0.05) is 173 Å². The highest BCUT2D eigenvalue weighted by molar-refractivity contribution is 7.88. The van der Waals surface area contributed by atoms with E-state index in [9.17, 15) is 56.7 Å². The second kappa shape index (κ2) is 35.3. The van der Waals surface area contributed by atoms with Crippen LogP contribution < -0.4 is 40.3 Å². The molecular weight excluding hydrogens is 1700 g/mol. The molecule has 10 atom stereocenters. The number of alkyl halides is 10. The van der Waals surface area contributed by atoms with Crippen molar-refractivity contribution in [2.24, 2.45) is 11.8 Å². The van der Waals surface area contributed by atoms with Crippen molar-refractivity contribution in [1.82, 2.24) is 128 Å². The van der Waals surface area contributed by atoms with Gasteiger partial charge < -0.3 is 40.5 Å². The normalized spacial score (nSPS) is 21.2. The number of pyridine rings is 4. The highest BCUT2D eigenvalue weighted by atomic mass is 35.5. The highest BCUT2D eigenvalue weighted by Gasteiger charge is 2.50. The molecule has 4 aliphatic heterocycles. The van der Waals surface area contributed by atoms with Crippen LogP contribution in [0.25, 0.3) is 68.5 Å². The molecule has 0 bridgehead atoms. The van der Waals surface area contributed by atoms with Crippen molar-refractivity contribution < 1.29 is 56.7 Å². The van der Waals surface area contributed by atoms with E-state index in [4.69, 9.17) is 21.6 Å². The molecule has 15 aromatic rings. The average molecular weight is 1780 g/mol. The van der Waals surface area contributed by atoms with Crippen molar-refractivity contribution in [3.05, 3.63) is 223 Å². The smallest absolute Gasteiger partial charge is 0.353 e. The summed E-state index contributed by atoms with van der Waals surface area (Å²) in [5.74, 6) is -2.43. The number of hydrogen-bond acceptors (Lipinski definition) is 24. The summed E-state index contributed by atoms with van der Waals surface area (Å²) < 4.78 is 180. The lowest BCUT2D eigenvalue weighted by Crippen LogP contribution is -2.56. The van der Waals surface area contributed by atoms with Crippen molar-refractivity contribution in [3.8, 4) is 45.9 Å². The largest absolute Gasteiger partial charge is 0.417 e. The number of anilines is 4. The van der Waals surface area contributed by atoms with E-state index in [-0.39, 0.29) is 78.0 Å². The van der Waals surface area contributed by atoms with Gasteiger partial charge >= 0.3 is 12.4 Å². The predicted octanol–water partition coefficient (Wildman–Crippen LogP) is 12.8. The minimum Gasteiger partial charge on any atom is -0.353 e. The second-order valence-corrected chi connectivity index (χ2v) is 33.5. The minimum absolute atomic E-state index is 0.0184. The van der Waals surface area contributed by atoms with Gasteiger partial charge in [-0.2, -0.15) is 36.5 Å². The number of aromatic amines is 3. The molecular formula is C81H82ClF11N30O2S. The number of hydrogen-bond donors (Lipinski definition) is 7. The third-order valence-corrected chi connectivity index (χ3v) is 23.3. The molecule has 0 saturated carbocycles. The number of nitrogens with one attached hydrogen (secondary N) is 7. The van der Waals surface area contributed by atoms with E-state index < -0.39 is 70.0 Å². The molecule has 0 aliphatic carbocycles. The molecule has 5 unspecified atom stereocenters. The monoisotopic (exact) mass is 1780 g/mol. The van der Waals surface area contributed by atoms with Gasteiger partial charge in [-0.25, -0.2) is 99.9 Å². The maximum Gasteiger partial charge on any atom is 0.417 e. The third kappa shape index (κ3) is 18.6. The van der Waals surface area contributed by atoms with E-state index in [1.807, 2.05) is 30.7 Å². The standard InChI is InChI=1S/C21H21F3N8.C20H20ClFN8.C20H22F4N6O2S.C20H19F3N8/c1-12-10-31(13(2)19(29-12)14-7-27-28-8-14)18-5-6-25-20(30-18)16-9-26-17-4-3-15(11-32(16)17)21(22,23)24;1-11-8-29(12(2)19(27-11)15-6-23-10-26-15)17-3-4-24-20(28-17)16-7-25-18-5-14(22)13(21)9-30(16)18;1-12-9-29(11-14(20(12,23)24)7-27-33(2,31)32)19-25-6-5-15(28-19)16-8-26-17-4-3-13(18(21)22)10-30(16)17;1-12-9-30(11-15(28-12)13-6-26-27-7-13)18-4-5-24-19(29-18)16-8-25-17-3-2-14(10-31(16)17)20(21,22)23/h3-9,11-13,19,29H,10H2,1-2H3,(H,27,28);3-7,9-12,19,27H,8H2,1-2H3,(H,23,26);3-6,8,10,12,14,18,27H,7,9,11H2,1-2H3;2-8,10,12,15,28H,9,11H2,1H3,(H,26,27)/t12-,13-,19-;;12-,14+;/m1.0./s1. The van der Waals surface area contributed by atoms with E-state index in [0.717, 1.165) is 73.1 Å². The van der Waals surface area contributed by atoms with Crippen LogP contribution in [-0.4, -0.2) is 204 Å². The maximum absolute atomic E-state index is 14.7. The fraction of sp³-hybridized carbons (Fsp3) is 0.346. The molecule has 0 aromatic carbocycles. The van der Waals surface area contributed by atoms with Crippen LogP contribution in [0.5, 0.6) is 0 Å². The topological polar surface area (TPSA) is 354 Å². The summed E-state index contributed by atoms with van der Waals surface area (Å²) in [7, 11) is -3.64. The lowest BCUT2D eigenvalue weighted by atomic mass is 9.86. The molecule has 32 nitrogen and oxygen atoms in total. The van der Waals surface area contributed by atoms with Crippen molar-refractivity contribution in [2.75, 3.05) is 71.7 Å². The number of nitrogens with zero attached hydrogens (tertiary/aromatic N) is 23. The fourth-order valence-corrected chi connectivity index (χ4v) is 16.6. The van der Waals surface area contributed by atoms with Crippen LogP contribution in [0, 0.1) is 17.7 Å². The number of fused-ring (bicyclic) bond motifs is 4. The van der Waals surface area contributed by atoms with E-state index in [2.05, 4.69) is 150 Å². The summed E-state index contributed by atoms with van der Waals surface area (Å²) in [6.07, 6.45) is 17.5. The van der Waals surface area contributed by atoms with Crippen LogP contribution in [0.15, 0.2) is 178 Å². The molecule has 4 fully saturated rings. The Hall–Kier alpha value is -12.8. The van der Waals surface area contributed by atoms with E-state index in [1.165, 1.54) is 87.6 Å². The van der Waals surface area contributed by atoms with Gasteiger partial charge in [0.2, 0.25) is 16.0 Å². The molecule has 0 radical (unpaired) electrons. The zero-order chi connectivity index (χ0) is 88.8. The molecule has 19 rings (SSSR count). The van der Waals surface area contributed by atoms with E-state index >= 15 is 0 Å². The number of piperidine rings is 1. The Labute approximate surface area is 716 Å².